The molecule has 0 heterocycles. The Balaban J connectivity index is 1.15. The number of benzene rings is 3. The molecule has 0 fully saturated rings. The van der Waals surface area contributed by atoms with Crippen molar-refractivity contribution in [1.82, 2.24) is 42.5 Å². The molecule has 12 N–H and O–H groups in total. The highest BCUT2D eigenvalue weighted by molar-refractivity contribution is 5.93. The van der Waals surface area contributed by atoms with Crippen LogP contribution in [0.1, 0.15) is 25.7 Å². The minimum atomic E-state index is -0.469. The van der Waals surface area contributed by atoms with Crippen molar-refractivity contribution in [3.8, 4) is 12.0 Å². The Morgan fingerprint density at radius 2 is 0.800 bits per heavy atom. The first-order valence-corrected chi connectivity index (χ1v) is 18.8. The maximum absolute atomic E-state index is 12.3. The number of isocyanates is 1. The van der Waals surface area contributed by atoms with Crippen molar-refractivity contribution in [3.63, 3.8) is 0 Å². The van der Waals surface area contributed by atoms with Gasteiger partial charge in [-0.2, -0.15) is 4.99 Å². The summed E-state index contributed by atoms with van der Waals surface area (Å²) in [4.78, 5) is 86.6. The normalized spacial score (nSPS) is 9.85. The third-order valence-corrected chi connectivity index (χ3v) is 7.61. The van der Waals surface area contributed by atoms with E-state index in [4.69, 9.17) is 10.00 Å². The van der Waals surface area contributed by atoms with Crippen molar-refractivity contribution in [2.24, 2.45) is 4.99 Å². The molecule has 3 rings (SSSR count). The van der Waals surface area contributed by atoms with Gasteiger partial charge in [-0.1, -0.05) is 18.2 Å². The predicted octanol–water partition coefficient (Wildman–Crippen LogP) is 3.56. The zero-order chi connectivity index (χ0) is 43.2. The third kappa shape index (κ3) is 20.7. The fourth-order valence-electron chi connectivity index (χ4n) is 4.87. The van der Waals surface area contributed by atoms with Crippen molar-refractivity contribution in [2.75, 3.05) is 73.6 Å². The molecule has 3 aromatic rings. The molecule has 0 spiro atoms. The van der Waals surface area contributed by atoms with Gasteiger partial charge in [0.25, 0.3) is 6.26 Å². The lowest BCUT2D eigenvalue weighted by Crippen LogP contribution is -2.39. The summed E-state index contributed by atoms with van der Waals surface area (Å²) in [5.74, 6) is 0.301. The number of rotatable bonds is 22. The summed E-state index contributed by atoms with van der Waals surface area (Å²) in [5.41, 5.74) is 2.16. The largest absolute Gasteiger partial charge is 0.388 e. The summed E-state index contributed by atoms with van der Waals surface area (Å²) >= 11 is 0. The molecule has 0 unspecified atom stereocenters. The zero-order valence-corrected chi connectivity index (χ0v) is 32.6. The van der Waals surface area contributed by atoms with E-state index in [-0.39, 0.29) is 25.2 Å². The van der Waals surface area contributed by atoms with Crippen LogP contribution in [0.4, 0.5) is 57.2 Å². The summed E-state index contributed by atoms with van der Waals surface area (Å²) in [5, 5.41) is 40.6. The van der Waals surface area contributed by atoms with E-state index in [0.717, 1.165) is 0 Å². The molecular formula is C38H48N14O8. The number of hydrogen-bond donors (Lipinski definition) is 12. The molecule has 0 aromatic heterocycles. The van der Waals surface area contributed by atoms with E-state index in [1.165, 1.54) is 18.2 Å². The number of carbonyl (C=O) groups excluding carboxylic acids is 7. The number of amides is 12. The number of anilines is 4. The summed E-state index contributed by atoms with van der Waals surface area (Å²) in [6, 6.07) is 16.7. The number of aliphatic imine (C=N–C) groups is 1. The number of nitrogens with zero attached hydrogens (tertiary/aromatic N) is 2. The molecule has 3 aromatic carbocycles. The lowest BCUT2D eigenvalue weighted by molar-refractivity contribution is 0.239. The van der Waals surface area contributed by atoms with E-state index in [1.54, 1.807) is 66.9 Å². The van der Waals surface area contributed by atoms with Crippen LogP contribution in [0, 0.1) is 11.5 Å². The summed E-state index contributed by atoms with van der Waals surface area (Å²) < 4.78 is 4.73. The van der Waals surface area contributed by atoms with Crippen LogP contribution in [0.2, 0.25) is 0 Å². The van der Waals surface area contributed by atoms with Crippen LogP contribution in [0.5, 0.6) is 5.75 Å². The van der Waals surface area contributed by atoms with Crippen LogP contribution in [-0.4, -0.2) is 94.6 Å². The van der Waals surface area contributed by atoms with Gasteiger partial charge in [0.2, 0.25) is 6.08 Å². The molecular weight excluding hydrogens is 781 g/mol. The number of ether oxygens (including phenoxy) is 1. The van der Waals surface area contributed by atoms with Gasteiger partial charge < -0.3 is 68.5 Å². The molecule has 0 atom stereocenters. The van der Waals surface area contributed by atoms with E-state index < -0.39 is 24.1 Å². The molecule has 0 aliphatic carbocycles. The molecule has 0 aliphatic heterocycles. The Kier molecular flexibility index (Phi) is 21.3. The van der Waals surface area contributed by atoms with Gasteiger partial charge in [0, 0.05) is 81.2 Å². The zero-order valence-electron chi connectivity index (χ0n) is 32.6. The maximum Gasteiger partial charge on any atom is 0.319 e. The second-order valence-electron chi connectivity index (χ2n) is 12.4. The van der Waals surface area contributed by atoms with Crippen molar-refractivity contribution in [1.29, 1.82) is 5.26 Å². The van der Waals surface area contributed by atoms with Crippen molar-refractivity contribution < 1.29 is 38.3 Å². The first kappa shape index (κ1) is 46.3. The Labute approximate surface area is 345 Å². The molecule has 22 heteroatoms. The highest BCUT2D eigenvalue weighted by Gasteiger charge is 2.08. The van der Waals surface area contributed by atoms with Crippen molar-refractivity contribution >= 4 is 70.7 Å². The van der Waals surface area contributed by atoms with Crippen LogP contribution in [0.3, 0.4) is 0 Å². The molecule has 0 aliphatic rings. The third-order valence-electron chi connectivity index (χ3n) is 7.61. The fourth-order valence-corrected chi connectivity index (χ4v) is 4.87. The number of hydrogen-bond acceptors (Lipinski definition) is 10. The van der Waals surface area contributed by atoms with Gasteiger partial charge in [0.1, 0.15) is 5.75 Å². The van der Waals surface area contributed by atoms with Crippen molar-refractivity contribution in [2.45, 2.75) is 25.7 Å². The Hall–Kier alpha value is -8.05. The molecule has 60 heavy (non-hydrogen) atoms. The number of urea groups is 6. The second-order valence-corrected chi connectivity index (χ2v) is 12.4. The fraction of sp³-hybridized carbons (Fsp3) is 0.316. The highest BCUT2D eigenvalue weighted by atomic mass is 16.5. The molecule has 12 amide bonds. The van der Waals surface area contributed by atoms with Crippen LogP contribution in [-0.2, 0) is 4.79 Å². The first-order chi connectivity index (χ1) is 29.1. The monoisotopic (exact) mass is 828 g/mol. The van der Waals surface area contributed by atoms with Gasteiger partial charge in [-0.15, -0.1) is 5.26 Å². The van der Waals surface area contributed by atoms with Crippen LogP contribution >= 0.6 is 0 Å². The molecule has 0 saturated heterocycles. The van der Waals surface area contributed by atoms with E-state index in [9.17, 15) is 33.6 Å². The van der Waals surface area contributed by atoms with Gasteiger partial charge in [0.05, 0.1) is 5.69 Å². The molecule has 318 valence electrons. The van der Waals surface area contributed by atoms with Crippen LogP contribution in [0.15, 0.2) is 77.8 Å². The summed E-state index contributed by atoms with van der Waals surface area (Å²) in [7, 11) is 0. The average Bonchev–Trinajstić information content (AvgIpc) is 3.21. The molecule has 0 saturated carbocycles. The number of nitrogens with one attached hydrogen (secondary N) is 12. The number of carbonyl (C=O) groups is 6. The van der Waals surface area contributed by atoms with Gasteiger partial charge >= 0.3 is 36.2 Å². The average molecular weight is 829 g/mol. The Morgan fingerprint density at radius 1 is 0.467 bits per heavy atom. The summed E-state index contributed by atoms with van der Waals surface area (Å²) in [6.45, 7) is 2.43. The minimum Gasteiger partial charge on any atom is -0.388 e. The van der Waals surface area contributed by atoms with Gasteiger partial charge in [0.15, 0.2) is 0 Å². The molecule has 22 nitrogen and oxygen atoms in total. The maximum atomic E-state index is 12.3. The van der Waals surface area contributed by atoms with Gasteiger partial charge in [-0.05, 0) is 74.2 Å². The Bertz CT molecular complexity index is 1990. The topological polar surface area (TPSA) is 309 Å². The second kappa shape index (κ2) is 27.5. The summed E-state index contributed by atoms with van der Waals surface area (Å²) in [6.07, 6.45) is 4.89. The first-order valence-electron chi connectivity index (χ1n) is 18.8. The van der Waals surface area contributed by atoms with Crippen molar-refractivity contribution in [3.05, 3.63) is 72.8 Å². The lowest BCUT2D eigenvalue weighted by Gasteiger charge is -2.12. The lowest BCUT2D eigenvalue weighted by atomic mass is 10.3. The SMILES string of the molecule is N#COc1cccc(NC(=O)NCCCNC(=O)NCCCNC(=O)Nc2cccc(NC(=O)NCCCNC(=O)NCCCNC(=O)Nc3cccc(N=C=O)c3)c2)c1. The van der Waals surface area contributed by atoms with Gasteiger partial charge in [-0.3, -0.25) is 0 Å². The van der Waals surface area contributed by atoms with E-state index in [0.29, 0.717) is 99.1 Å². The number of nitriles is 1. The standard InChI is InChI=1S/C38H48N14O8/c39-25-60-32-13-3-12-31(24-32)52-38(59)47-21-7-17-43-34(55)42-16-6-20-46-37(58)51-30-11-2-10-29(23-30)50-36(57)45-19-5-15-41-33(54)40-14-4-18-44-35(56)49-28-9-1-8-27(22-28)48-26-53/h1-3,8-13,22-24H,4-7,14-21H2,(H2,40,41,54)(H2,42,43,55)(H2,44,49,56)(H2,45,50,57)(H2,46,51,58)(H2,47,52,59). The van der Waals surface area contributed by atoms with E-state index in [1.807, 2.05) is 0 Å². The minimum absolute atomic E-state index is 0.282. The quantitative estimate of drug-likeness (QED) is 0.0305. The van der Waals surface area contributed by atoms with Gasteiger partial charge in [-0.25, -0.2) is 33.6 Å². The van der Waals surface area contributed by atoms with E-state index in [2.05, 4.69) is 68.8 Å². The van der Waals surface area contributed by atoms with Crippen LogP contribution < -0.4 is 68.5 Å². The predicted molar refractivity (Wildman–Crippen MR) is 223 cm³/mol. The smallest absolute Gasteiger partial charge is 0.319 e. The molecule has 0 radical (unpaired) electrons. The Morgan fingerprint density at radius 3 is 1.18 bits per heavy atom. The van der Waals surface area contributed by atoms with Crippen LogP contribution in [0.25, 0.3) is 0 Å². The highest BCUT2D eigenvalue weighted by Crippen LogP contribution is 2.18. The van der Waals surface area contributed by atoms with E-state index >= 15 is 0 Å². The molecule has 0 bridgehead atoms.